The third-order valence-corrected chi connectivity index (χ3v) is 7.88. The van der Waals surface area contributed by atoms with Crippen molar-refractivity contribution in [1.29, 1.82) is 0 Å². The topological polar surface area (TPSA) is 72.7 Å². The molecule has 2 fully saturated rings. The van der Waals surface area contributed by atoms with Crippen molar-refractivity contribution >= 4 is 22.5 Å². The maximum atomic E-state index is 12.2. The number of amides is 1. The number of nitrogens with zero attached hydrogens (tertiary/aromatic N) is 5. The van der Waals surface area contributed by atoms with Crippen molar-refractivity contribution in [3.63, 3.8) is 0 Å². The summed E-state index contributed by atoms with van der Waals surface area (Å²) in [6.07, 6.45) is 6.07. The molecule has 3 aliphatic heterocycles. The van der Waals surface area contributed by atoms with E-state index in [9.17, 15) is 4.79 Å². The lowest BCUT2D eigenvalue weighted by Gasteiger charge is -2.29. The predicted octanol–water partition coefficient (Wildman–Crippen LogP) is 3.58. The summed E-state index contributed by atoms with van der Waals surface area (Å²) in [6.45, 7) is 6.39. The van der Waals surface area contributed by atoms with Crippen LogP contribution in [-0.4, -0.2) is 71.6 Å². The van der Waals surface area contributed by atoms with Crippen LogP contribution in [0.2, 0.25) is 0 Å². The van der Waals surface area contributed by atoms with Crippen LogP contribution in [0.3, 0.4) is 0 Å². The molecule has 8 heteroatoms. The average molecular weight is 476 g/mol. The van der Waals surface area contributed by atoms with E-state index in [1.54, 1.807) is 14.0 Å². The third kappa shape index (κ3) is 4.08. The highest BCUT2D eigenvalue weighted by Crippen LogP contribution is 2.37. The van der Waals surface area contributed by atoms with Crippen LogP contribution in [0.15, 0.2) is 30.5 Å². The van der Waals surface area contributed by atoms with Crippen molar-refractivity contribution in [1.82, 2.24) is 19.7 Å². The minimum Gasteiger partial charge on any atom is -0.381 e. The monoisotopic (exact) mass is 475 g/mol. The summed E-state index contributed by atoms with van der Waals surface area (Å²) in [5.41, 5.74) is 4.52. The van der Waals surface area contributed by atoms with Crippen LogP contribution in [-0.2, 0) is 27.2 Å². The summed E-state index contributed by atoms with van der Waals surface area (Å²) < 4.78 is 13.4. The van der Waals surface area contributed by atoms with Crippen LogP contribution >= 0.6 is 0 Å². The fourth-order valence-corrected chi connectivity index (χ4v) is 5.83. The Bertz CT molecular complexity index is 1250. The summed E-state index contributed by atoms with van der Waals surface area (Å²) in [5, 5.41) is 7.47. The molecule has 0 spiro atoms. The van der Waals surface area contributed by atoms with Crippen molar-refractivity contribution in [2.45, 2.75) is 51.3 Å². The molecule has 0 aliphatic carbocycles. The van der Waals surface area contributed by atoms with E-state index >= 15 is 0 Å². The Balaban J connectivity index is 1.42. The van der Waals surface area contributed by atoms with Crippen molar-refractivity contribution in [3.05, 3.63) is 41.7 Å². The molecular formula is C27H33N5O3. The molecule has 0 unspecified atom stereocenters. The summed E-state index contributed by atoms with van der Waals surface area (Å²) in [4.78, 5) is 21.3. The number of fused-ring (bicyclic) bond motifs is 2. The fourth-order valence-electron chi connectivity index (χ4n) is 5.83. The molecule has 2 saturated heterocycles. The number of carbonyl (C=O) groups excluding carboxylic acids is 1. The lowest BCUT2D eigenvalue weighted by molar-refractivity contribution is -0.129. The van der Waals surface area contributed by atoms with Crippen molar-refractivity contribution in [2.75, 3.05) is 44.9 Å². The summed E-state index contributed by atoms with van der Waals surface area (Å²) in [7, 11) is 1.78. The Kier molecular flexibility index (Phi) is 5.94. The maximum Gasteiger partial charge on any atom is 0.219 e. The van der Waals surface area contributed by atoms with Crippen LogP contribution in [0.4, 0.5) is 5.82 Å². The van der Waals surface area contributed by atoms with Gasteiger partial charge in [0, 0.05) is 88.3 Å². The van der Waals surface area contributed by atoms with E-state index in [2.05, 4.69) is 33.8 Å². The number of hydrogen-bond donors (Lipinski definition) is 0. The first kappa shape index (κ1) is 22.5. The number of methoxy groups -OCH3 is 1. The molecule has 1 aromatic carbocycles. The highest BCUT2D eigenvalue weighted by atomic mass is 16.5. The Morgan fingerprint density at radius 1 is 1.17 bits per heavy atom. The van der Waals surface area contributed by atoms with E-state index < -0.39 is 0 Å². The van der Waals surface area contributed by atoms with Gasteiger partial charge in [-0.25, -0.2) is 4.98 Å². The van der Waals surface area contributed by atoms with Gasteiger partial charge in [-0.15, -0.1) is 0 Å². The van der Waals surface area contributed by atoms with Crippen LogP contribution in [0.5, 0.6) is 0 Å². The van der Waals surface area contributed by atoms with Crippen molar-refractivity contribution < 1.29 is 14.3 Å². The summed E-state index contributed by atoms with van der Waals surface area (Å²) in [6, 6.07) is 8.93. The van der Waals surface area contributed by atoms with Crippen LogP contribution in [0.1, 0.15) is 43.5 Å². The second kappa shape index (κ2) is 9.24. The molecule has 5 heterocycles. The largest absolute Gasteiger partial charge is 0.381 e. The molecule has 0 N–H and O–H groups in total. The van der Waals surface area contributed by atoms with Gasteiger partial charge >= 0.3 is 0 Å². The van der Waals surface area contributed by atoms with Gasteiger partial charge in [-0.05, 0) is 30.7 Å². The zero-order valence-electron chi connectivity index (χ0n) is 20.6. The zero-order valence-corrected chi connectivity index (χ0v) is 20.6. The molecule has 35 heavy (non-hydrogen) atoms. The van der Waals surface area contributed by atoms with Gasteiger partial charge in [0.25, 0.3) is 0 Å². The smallest absolute Gasteiger partial charge is 0.219 e. The van der Waals surface area contributed by atoms with E-state index in [1.807, 2.05) is 11.1 Å². The van der Waals surface area contributed by atoms with Gasteiger partial charge < -0.3 is 19.3 Å². The number of ether oxygens (including phenoxy) is 2. The average Bonchev–Trinajstić information content (AvgIpc) is 3.53. The number of rotatable bonds is 4. The van der Waals surface area contributed by atoms with E-state index in [0.717, 1.165) is 86.4 Å². The second-order valence-electron chi connectivity index (χ2n) is 9.91. The van der Waals surface area contributed by atoms with Gasteiger partial charge in [-0.3, -0.25) is 9.48 Å². The first-order valence-electron chi connectivity index (χ1n) is 12.7. The minimum absolute atomic E-state index is 0.115. The Morgan fingerprint density at radius 2 is 2.03 bits per heavy atom. The standard InChI is InChI=1S/C27H33N5O3/c1-18(33)30-11-7-25-24(17-30)27(29-32(25)20-8-12-35-13-9-20)22-5-3-4-19-14-26(28-15-23(19)22)31-10-6-21(16-31)34-2/h3-5,14-15,20-21H,6-13,16-17H2,1-2H3/t21-/m0/s1. The van der Waals surface area contributed by atoms with Gasteiger partial charge in [-0.2, -0.15) is 5.10 Å². The SMILES string of the molecule is CO[C@H]1CCN(c2cc3cccc(-c4nn(C5CCOCC5)c5c4CN(C(C)=O)CC5)c3cn2)C1. The molecule has 1 amide bonds. The molecule has 184 valence electrons. The number of carbonyl (C=O) groups is 1. The molecule has 0 radical (unpaired) electrons. The molecule has 3 aliphatic rings. The number of hydrogen-bond acceptors (Lipinski definition) is 6. The van der Waals surface area contributed by atoms with Gasteiger partial charge in [0.1, 0.15) is 5.82 Å². The fraction of sp³-hybridized carbons (Fsp3) is 0.519. The first-order chi connectivity index (χ1) is 17.1. The second-order valence-corrected chi connectivity index (χ2v) is 9.91. The van der Waals surface area contributed by atoms with E-state index in [-0.39, 0.29) is 12.0 Å². The predicted molar refractivity (Wildman–Crippen MR) is 134 cm³/mol. The molecule has 1 atom stereocenters. The lowest BCUT2D eigenvalue weighted by atomic mass is 9.97. The molecule has 0 saturated carbocycles. The first-order valence-corrected chi connectivity index (χ1v) is 12.7. The molecule has 2 aromatic heterocycles. The maximum absolute atomic E-state index is 12.2. The molecule has 8 nitrogen and oxygen atoms in total. The Morgan fingerprint density at radius 3 is 2.80 bits per heavy atom. The van der Waals surface area contributed by atoms with Crippen LogP contribution in [0.25, 0.3) is 22.0 Å². The summed E-state index contributed by atoms with van der Waals surface area (Å²) >= 11 is 0. The van der Waals surface area contributed by atoms with E-state index in [1.165, 1.54) is 11.3 Å². The van der Waals surface area contributed by atoms with Gasteiger partial charge in [0.05, 0.1) is 17.8 Å². The normalized spacial score (nSPS) is 21.0. The third-order valence-electron chi connectivity index (χ3n) is 7.88. The number of benzene rings is 1. The quantitative estimate of drug-likeness (QED) is 0.574. The highest BCUT2D eigenvalue weighted by molar-refractivity contribution is 5.97. The Hall–Kier alpha value is -2.97. The van der Waals surface area contributed by atoms with Crippen LogP contribution < -0.4 is 4.90 Å². The van der Waals surface area contributed by atoms with Crippen molar-refractivity contribution in [2.24, 2.45) is 0 Å². The molecule has 3 aromatic rings. The van der Waals surface area contributed by atoms with Crippen LogP contribution in [0, 0.1) is 0 Å². The van der Waals surface area contributed by atoms with Gasteiger partial charge in [0.15, 0.2) is 0 Å². The van der Waals surface area contributed by atoms with Gasteiger partial charge in [0.2, 0.25) is 5.91 Å². The van der Waals surface area contributed by atoms with Gasteiger partial charge in [-0.1, -0.05) is 18.2 Å². The van der Waals surface area contributed by atoms with E-state index in [0.29, 0.717) is 12.6 Å². The van der Waals surface area contributed by atoms with E-state index in [4.69, 9.17) is 19.6 Å². The highest BCUT2D eigenvalue weighted by Gasteiger charge is 2.31. The zero-order chi connectivity index (χ0) is 23.9. The molecular weight excluding hydrogens is 442 g/mol. The Labute approximate surface area is 205 Å². The minimum atomic E-state index is 0.115. The number of aromatic nitrogens is 3. The lowest BCUT2D eigenvalue weighted by Crippen LogP contribution is -2.35. The molecule has 0 bridgehead atoms. The number of anilines is 1. The number of pyridine rings is 1. The molecule has 6 rings (SSSR count). The van der Waals surface area contributed by atoms with Crippen molar-refractivity contribution in [3.8, 4) is 11.3 Å². The summed E-state index contributed by atoms with van der Waals surface area (Å²) in [5.74, 6) is 1.11.